The number of nitrogens with zero attached hydrogens (tertiary/aromatic N) is 1. The lowest BCUT2D eigenvalue weighted by Crippen LogP contribution is -2.60. The van der Waals surface area contributed by atoms with E-state index in [1.807, 2.05) is 112 Å². The maximum absolute atomic E-state index is 15.1. The monoisotopic (exact) mass is 879 g/mol. The molecule has 0 aromatic heterocycles. The van der Waals surface area contributed by atoms with Crippen molar-refractivity contribution in [2.24, 2.45) is 0 Å². The average Bonchev–Trinajstić information content (AvgIpc) is 3.84. The van der Waals surface area contributed by atoms with E-state index in [2.05, 4.69) is 0 Å². The molecular formula is C56H80NO7+. The predicted octanol–water partition coefficient (Wildman–Crippen LogP) is 13.4. The van der Waals surface area contributed by atoms with Crippen molar-refractivity contribution in [2.45, 2.75) is 211 Å². The Balaban J connectivity index is 0.944. The molecule has 8 heteroatoms. The molecule has 350 valence electrons. The molecule has 6 rings (SSSR count). The maximum atomic E-state index is 15.1. The van der Waals surface area contributed by atoms with Crippen LogP contribution in [0.25, 0.3) is 0 Å². The van der Waals surface area contributed by atoms with Gasteiger partial charge in [0.1, 0.15) is 11.7 Å². The summed E-state index contributed by atoms with van der Waals surface area (Å²) in [5, 5.41) is 0. The molecular weight excluding hydrogens is 799 g/mol. The highest BCUT2D eigenvalue weighted by Gasteiger charge is 2.57. The fourth-order valence-corrected chi connectivity index (χ4v) is 11.0. The number of unbranched alkanes of at least 4 members (excludes halogenated alkanes) is 15. The minimum absolute atomic E-state index is 0.0756. The van der Waals surface area contributed by atoms with Gasteiger partial charge in [0.25, 0.3) is 0 Å². The van der Waals surface area contributed by atoms with Crippen molar-refractivity contribution in [3.63, 3.8) is 0 Å². The number of hydrogen-bond acceptors (Lipinski definition) is 7. The molecule has 3 aliphatic rings. The summed E-state index contributed by atoms with van der Waals surface area (Å²) in [4.78, 5) is 40.6. The summed E-state index contributed by atoms with van der Waals surface area (Å²) in [7, 11) is 0. The Bertz CT molecular complexity index is 1760. The van der Waals surface area contributed by atoms with Crippen LogP contribution in [0.3, 0.4) is 0 Å². The summed E-state index contributed by atoms with van der Waals surface area (Å²) >= 11 is 0. The lowest BCUT2D eigenvalue weighted by molar-refractivity contribution is -0.956. The molecule has 0 aliphatic carbocycles. The zero-order chi connectivity index (χ0) is 45.1. The van der Waals surface area contributed by atoms with Crippen LogP contribution < -0.4 is 0 Å². The molecule has 2 bridgehead atoms. The van der Waals surface area contributed by atoms with E-state index in [-0.39, 0.29) is 30.1 Å². The Labute approximate surface area is 385 Å². The van der Waals surface area contributed by atoms with Gasteiger partial charge in [-0.1, -0.05) is 181 Å². The Kier molecular flexibility index (Phi) is 19.3. The molecule has 3 saturated heterocycles. The molecule has 8 nitrogen and oxygen atoms in total. The highest BCUT2D eigenvalue weighted by Crippen LogP contribution is 2.48. The van der Waals surface area contributed by atoms with Crippen LogP contribution in [-0.4, -0.2) is 59.3 Å². The summed E-state index contributed by atoms with van der Waals surface area (Å²) in [6.07, 6.45) is 25.1. The van der Waals surface area contributed by atoms with Gasteiger partial charge in [0.15, 0.2) is 0 Å². The SMILES string of the molecule is CC(C)(C)OC(=O)CCCCCCCCCCCCCCCCCCC(=O)OC(OC(C(=O)OC1CC2CCC(C1)[N+]21CCCC1)(c1ccccc1)c1ccccc1)c1ccccc1. The number of esters is 3. The molecule has 3 aromatic carbocycles. The normalized spacial score (nSPS) is 19.6. The number of piperidine rings is 1. The Morgan fingerprint density at radius 3 is 1.41 bits per heavy atom. The minimum atomic E-state index is -1.67. The highest BCUT2D eigenvalue weighted by molar-refractivity contribution is 5.86. The van der Waals surface area contributed by atoms with Gasteiger partial charge in [-0.05, 0) is 44.7 Å². The van der Waals surface area contributed by atoms with Gasteiger partial charge in [-0.2, -0.15) is 0 Å². The molecule has 3 aliphatic heterocycles. The third kappa shape index (κ3) is 14.2. The Morgan fingerprint density at radius 1 is 0.562 bits per heavy atom. The molecule has 0 N–H and O–H groups in total. The second-order valence-corrected chi connectivity index (χ2v) is 20.1. The minimum Gasteiger partial charge on any atom is -0.460 e. The van der Waals surface area contributed by atoms with E-state index in [0.29, 0.717) is 35.2 Å². The van der Waals surface area contributed by atoms with E-state index in [1.54, 1.807) is 0 Å². The standard InChI is InChI=1S/C56H80NO7/c1-55(2,3)63-52(59)38-28-17-15-13-11-9-7-5-4-6-8-10-12-14-16-27-37-51(58)62-53(45-31-21-18-22-32-45)64-56(46-33-23-19-24-34-46,47-35-25-20-26-36-47)54(60)61-50-43-48-39-40-49(44-50)57(48)41-29-30-42-57/h18-26,31-36,48-50,53H,4-17,27-30,37-44H2,1-3H3/q+1. The van der Waals surface area contributed by atoms with Crippen molar-refractivity contribution < 1.29 is 37.8 Å². The average molecular weight is 879 g/mol. The summed E-state index contributed by atoms with van der Waals surface area (Å²) in [5.41, 5.74) is -0.116. The summed E-state index contributed by atoms with van der Waals surface area (Å²) < 4.78 is 26.6. The number of ether oxygens (including phenoxy) is 4. The predicted molar refractivity (Wildman–Crippen MR) is 254 cm³/mol. The van der Waals surface area contributed by atoms with E-state index in [4.69, 9.17) is 18.9 Å². The maximum Gasteiger partial charge on any atom is 0.348 e. The van der Waals surface area contributed by atoms with Crippen molar-refractivity contribution >= 4 is 17.9 Å². The van der Waals surface area contributed by atoms with Crippen molar-refractivity contribution in [3.05, 3.63) is 108 Å². The van der Waals surface area contributed by atoms with Crippen LogP contribution in [0.1, 0.15) is 198 Å². The smallest absolute Gasteiger partial charge is 0.348 e. The molecule has 64 heavy (non-hydrogen) atoms. The van der Waals surface area contributed by atoms with Gasteiger partial charge >= 0.3 is 17.9 Å². The second-order valence-electron chi connectivity index (χ2n) is 20.1. The van der Waals surface area contributed by atoms with Gasteiger partial charge in [-0.25, -0.2) is 4.79 Å². The fraction of sp³-hybridized carbons (Fsp3) is 0.625. The second kappa shape index (κ2) is 25.0. The molecule has 0 amide bonds. The van der Waals surface area contributed by atoms with Gasteiger partial charge in [0, 0.05) is 56.9 Å². The third-order valence-corrected chi connectivity index (χ3v) is 14.2. The number of rotatable bonds is 27. The molecule has 0 radical (unpaired) electrons. The van der Waals surface area contributed by atoms with Crippen LogP contribution in [0.2, 0.25) is 0 Å². The molecule has 3 unspecified atom stereocenters. The van der Waals surface area contributed by atoms with Crippen LogP contribution in [-0.2, 0) is 38.9 Å². The summed E-state index contributed by atoms with van der Waals surface area (Å²) in [6, 6.07) is 29.8. The highest BCUT2D eigenvalue weighted by atomic mass is 16.7. The lowest BCUT2D eigenvalue weighted by atomic mass is 9.85. The van der Waals surface area contributed by atoms with Crippen LogP contribution in [0.15, 0.2) is 91.0 Å². The Morgan fingerprint density at radius 2 is 0.969 bits per heavy atom. The molecule has 1 spiro atoms. The molecule has 3 fully saturated rings. The first kappa shape index (κ1) is 49.4. The summed E-state index contributed by atoms with van der Waals surface area (Å²) in [6.45, 7) is 8.27. The van der Waals surface area contributed by atoms with E-state index in [0.717, 1.165) is 44.9 Å². The topological polar surface area (TPSA) is 88.1 Å². The molecule has 0 saturated carbocycles. The van der Waals surface area contributed by atoms with Crippen molar-refractivity contribution in [2.75, 3.05) is 13.1 Å². The summed E-state index contributed by atoms with van der Waals surface area (Å²) in [5.74, 6) is -0.870. The number of hydrogen-bond donors (Lipinski definition) is 0. The van der Waals surface area contributed by atoms with E-state index < -0.39 is 17.9 Å². The number of benzene rings is 3. The van der Waals surface area contributed by atoms with Crippen LogP contribution in [0.4, 0.5) is 0 Å². The Hall–Kier alpha value is -4.01. The molecule has 3 aromatic rings. The van der Waals surface area contributed by atoms with E-state index in [1.165, 1.54) is 114 Å². The van der Waals surface area contributed by atoms with E-state index in [9.17, 15) is 9.59 Å². The number of carbonyl (C=O) groups is 3. The van der Waals surface area contributed by atoms with Gasteiger partial charge in [0.05, 0.1) is 25.2 Å². The quantitative estimate of drug-likeness (QED) is 0.0248. The number of carbonyl (C=O) groups excluding carboxylic acids is 3. The molecule has 3 heterocycles. The van der Waals surface area contributed by atoms with E-state index >= 15 is 4.79 Å². The first-order valence-corrected chi connectivity index (χ1v) is 25.4. The largest absolute Gasteiger partial charge is 0.460 e. The first-order chi connectivity index (χ1) is 31.1. The lowest BCUT2D eigenvalue weighted by Gasteiger charge is -2.47. The van der Waals surface area contributed by atoms with Crippen molar-refractivity contribution in [1.82, 2.24) is 0 Å². The third-order valence-electron chi connectivity index (χ3n) is 14.2. The van der Waals surface area contributed by atoms with Crippen LogP contribution >= 0.6 is 0 Å². The van der Waals surface area contributed by atoms with Crippen LogP contribution in [0.5, 0.6) is 0 Å². The van der Waals surface area contributed by atoms with Gasteiger partial charge in [-0.15, -0.1) is 0 Å². The fourth-order valence-electron chi connectivity index (χ4n) is 11.0. The van der Waals surface area contributed by atoms with Gasteiger partial charge < -0.3 is 23.4 Å². The zero-order valence-electron chi connectivity index (χ0n) is 39.7. The number of quaternary nitrogens is 1. The van der Waals surface area contributed by atoms with Gasteiger partial charge in [-0.3, -0.25) is 9.59 Å². The first-order valence-electron chi connectivity index (χ1n) is 25.4. The molecule has 3 atom stereocenters. The van der Waals surface area contributed by atoms with Crippen LogP contribution in [0, 0.1) is 0 Å². The zero-order valence-corrected chi connectivity index (χ0v) is 39.7. The van der Waals surface area contributed by atoms with Crippen molar-refractivity contribution in [1.29, 1.82) is 0 Å². The van der Waals surface area contributed by atoms with Gasteiger partial charge in [0.2, 0.25) is 11.9 Å². The van der Waals surface area contributed by atoms with Crippen molar-refractivity contribution in [3.8, 4) is 0 Å².